The molecule has 1 saturated carbocycles. The van der Waals surface area contributed by atoms with E-state index < -0.39 is 5.97 Å². The van der Waals surface area contributed by atoms with Crippen LogP contribution in [0.25, 0.3) is 0 Å². The van der Waals surface area contributed by atoms with E-state index in [2.05, 4.69) is 5.32 Å². The van der Waals surface area contributed by atoms with Crippen molar-refractivity contribution in [2.75, 3.05) is 6.54 Å². The van der Waals surface area contributed by atoms with Gasteiger partial charge in [-0.2, -0.15) is 0 Å². The summed E-state index contributed by atoms with van der Waals surface area (Å²) >= 11 is 0. The summed E-state index contributed by atoms with van der Waals surface area (Å²) in [5, 5.41) is 11.7. The quantitative estimate of drug-likeness (QED) is 0.829. The van der Waals surface area contributed by atoms with Gasteiger partial charge in [-0.15, -0.1) is 0 Å². The van der Waals surface area contributed by atoms with E-state index in [-0.39, 0.29) is 17.7 Å². The molecule has 0 aliphatic heterocycles. The van der Waals surface area contributed by atoms with Gasteiger partial charge in [-0.25, -0.2) is 0 Å². The van der Waals surface area contributed by atoms with Gasteiger partial charge < -0.3 is 14.8 Å². The van der Waals surface area contributed by atoms with Crippen molar-refractivity contribution in [3.05, 3.63) is 24.2 Å². The number of furan rings is 1. The van der Waals surface area contributed by atoms with Crippen LogP contribution in [0, 0.1) is 11.8 Å². The van der Waals surface area contributed by atoms with Crippen LogP contribution in [0.4, 0.5) is 0 Å². The third-order valence-electron chi connectivity index (χ3n) is 3.40. The maximum atomic E-state index is 11.8. The zero-order valence-corrected chi connectivity index (χ0v) is 10.1. The Morgan fingerprint density at radius 3 is 2.78 bits per heavy atom. The first-order valence-corrected chi connectivity index (χ1v) is 6.19. The molecular weight excluding hydrogens is 234 g/mol. The summed E-state index contributed by atoms with van der Waals surface area (Å²) in [7, 11) is 0. The van der Waals surface area contributed by atoms with Crippen molar-refractivity contribution in [1.82, 2.24) is 5.32 Å². The van der Waals surface area contributed by atoms with Gasteiger partial charge in [-0.3, -0.25) is 9.59 Å². The average Bonchev–Trinajstić information content (AvgIpc) is 2.99. The minimum atomic E-state index is -0.791. The van der Waals surface area contributed by atoms with Crippen LogP contribution in [-0.4, -0.2) is 23.5 Å². The van der Waals surface area contributed by atoms with E-state index in [0.717, 1.165) is 5.76 Å². The summed E-state index contributed by atoms with van der Waals surface area (Å²) in [6, 6.07) is 3.67. The first kappa shape index (κ1) is 12.7. The minimum absolute atomic E-state index is 0.0368. The van der Waals surface area contributed by atoms with E-state index in [1.165, 1.54) is 0 Å². The van der Waals surface area contributed by atoms with Gasteiger partial charge >= 0.3 is 5.97 Å². The SMILES string of the molecule is O=C(O)C1CCC(C(=O)NCCc2ccco2)C1. The molecule has 0 bridgehead atoms. The second kappa shape index (κ2) is 5.71. The van der Waals surface area contributed by atoms with E-state index in [0.29, 0.717) is 32.2 Å². The van der Waals surface area contributed by atoms with Gasteiger partial charge in [0.15, 0.2) is 0 Å². The first-order chi connectivity index (χ1) is 8.66. The Kier molecular flexibility index (Phi) is 4.02. The normalized spacial score (nSPS) is 22.9. The third-order valence-corrected chi connectivity index (χ3v) is 3.40. The Morgan fingerprint density at radius 1 is 1.39 bits per heavy atom. The summed E-state index contributed by atoms with van der Waals surface area (Å²) in [4.78, 5) is 22.6. The van der Waals surface area contributed by atoms with Crippen molar-refractivity contribution in [1.29, 1.82) is 0 Å². The van der Waals surface area contributed by atoms with Crippen LogP contribution in [0.15, 0.2) is 22.8 Å². The van der Waals surface area contributed by atoms with Crippen LogP contribution < -0.4 is 5.32 Å². The number of rotatable bonds is 5. The molecule has 98 valence electrons. The molecule has 1 aromatic rings. The highest BCUT2D eigenvalue weighted by Crippen LogP contribution is 2.30. The largest absolute Gasteiger partial charge is 0.481 e. The number of hydrogen-bond acceptors (Lipinski definition) is 3. The van der Waals surface area contributed by atoms with Crippen molar-refractivity contribution in [3.8, 4) is 0 Å². The molecule has 0 aromatic carbocycles. The monoisotopic (exact) mass is 251 g/mol. The lowest BCUT2D eigenvalue weighted by Gasteiger charge is -2.10. The Balaban J connectivity index is 1.71. The number of carbonyl (C=O) groups is 2. The Labute approximate surface area is 105 Å². The highest BCUT2D eigenvalue weighted by Gasteiger charge is 2.33. The van der Waals surface area contributed by atoms with Crippen molar-refractivity contribution in [3.63, 3.8) is 0 Å². The standard InChI is InChI=1S/C13H17NO4/c15-12(9-3-4-10(8-9)13(16)17)14-6-5-11-2-1-7-18-11/h1-2,7,9-10H,3-6,8H2,(H,14,15)(H,16,17). The van der Waals surface area contributed by atoms with Crippen LogP contribution in [0.2, 0.25) is 0 Å². The number of nitrogens with one attached hydrogen (secondary N) is 1. The van der Waals surface area contributed by atoms with Gasteiger partial charge in [-0.05, 0) is 31.4 Å². The van der Waals surface area contributed by atoms with Crippen LogP contribution in [-0.2, 0) is 16.0 Å². The highest BCUT2D eigenvalue weighted by molar-refractivity contribution is 5.80. The molecule has 2 rings (SSSR count). The van der Waals surface area contributed by atoms with E-state index in [1.54, 1.807) is 6.26 Å². The van der Waals surface area contributed by atoms with E-state index in [1.807, 2.05) is 12.1 Å². The zero-order valence-electron chi connectivity index (χ0n) is 10.1. The van der Waals surface area contributed by atoms with Gasteiger partial charge in [0.2, 0.25) is 5.91 Å². The van der Waals surface area contributed by atoms with Gasteiger partial charge in [0.1, 0.15) is 5.76 Å². The summed E-state index contributed by atoms with van der Waals surface area (Å²) in [5.74, 6) is -0.496. The summed E-state index contributed by atoms with van der Waals surface area (Å²) < 4.78 is 5.16. The summed E-state index contributed by atoms with van der Waals surface area (Å²) in [5.41, 5.74) is 0. The molecule has 0 radical (unpaired) electrons. The molecule has 2 unspecified atom stereocenters. The second-order valence-corrected chi connectivity index (χ2v) is 4.67. The van der Waals surface area contributed by atoms with Crippen LogP contribution in [0.5, 0.6) is 0 Å². The molecule has 5 heteroatoms. The van der Waals surface area contributed by atoms with E-state index >= 15 is 0 Å². The van der Waals surface area contributed by atoms with Crippen LogP contribution in [0.1, 0.15) is 25.0 Å². The molecule has 5 nitrogen and oxygen atoms in total. The average molecular weight is 251 g/mol. The molecular formula is C13H17NO4. The smallest absolute Gasteiger partial charge is 0.306 e. The first-order valence-electron chi connectivity index (χ1n) is 6.19. The molecule has 1 aromatic heterocycles. The molecule has 18 heavy (non-hydrogen) atoms. The molecule has 2 atom stereocenters. The maximum Gasteiger partial charge on any atom is 0.306 e. The molecule has 0 spiro atoms. The summed E-state index contributed by atoms with van der Waals surface area (Å²) in [6.45, 7) is 0.528. The van der Waals surface area contributed by atoms with Crippen molar-refractivity contribution >= 4 is 11.9 Å². The van der Waals surface area contributed by atoms with Gasteiger partial charge in [0.05, 0.1) is 12.2 Å². The fourth-order valence-electron chi connectivity index (χ4n) is 2.35. The number of carboxylic acid groups (broad SMARTS) is 1. The lowest BCUT2D eigenvalue weighted by atomic mass is 10.0. The molecule has 1 aliphatic rings. The molecule has 1 amide bonds. The van der Waals surface area contributed by atoms with Crippen molar-refractivity contribution in [2.24, 2.45) is 11.8 Å². The lowest BCUT2D eigenvalue weighted by molar-refractivity contribution is -0.141. The van der Waals surface area contributed by atoms with E-state index in [4.69, 9.17) is 9.52 Å². The molecule has 0 saturated heterocycles. The third kappa shape index (κ3) is 3.12. The van der Waals surface area contributed by atoms with Crippen LogP contribution >= 0.6 is 0 Å². The van der Waals surface area contributed by atoms with Crippen molar-refractivity contribution < 1.29 is 19.1 Å². The molecule has 2 N–H and O–H groups in total. The maximum absolute atomic E-state index is 11.8. The Hall–Kier alpha value is -1.78. The van der Waals surface area contributed by atoms with Crippen LogP contribution in [0.3, 0.4) is 0 Å². The van der Waals surface area contributed by atoms with Gasteiger partial charge in [0.25, 0.3) is 0 Å². The minimum Gasteiger partial charge on any atom is -0.481 e. The van der Waals surface area contributed by atoms with Gasteiger partial charge in [-0.1, -0.05) is 0 Å². The van der Waals surface area contributed by atoms with Gasteiger partial charge in [0, 0.05) is 18.9 Å². The number of carboxylic acids is 1. The molecule has 1 heterocycles. The number of aliphatic carboxylic acids is 1. The fourth-order valence-corrected chi connectivity index (χ4v) is 2.35. The molecule has 1 fully saturated rings. The topological polar surface area (TPSA) is 79.5 Å². The van der Waals surface area contributed by atoms with E-state index in [9.17, 15) is 9.59 Å². The van der Waals surface area contributed by atoms with Crippen molar-refractivity contribution in [2.45, 2.75) is 25.7 Å². The fraction of sp³-hybridized carbons (Fsp3) is 0.538. The Morgan fingerprint density at radius 2 is 2.17 bits per heavy atom. The Bertz CT molecular complexity index is 413. The zero-order chi connectivity index (χ0) is 13.0. The second-order valence-electron chi connectivity index (χ2n) is 4.67. The lowest BCUT2D eigenvalue weighted by Crippen LogP contribution is -2.31. The predicted octanol–water partition coefficient (Wildman–Crippen LogP) is 1.44. The predicted molar refractivity (Wildman–Crippen MR) is 63.9 cm³/mol. The highest BCUT2D eigenvalue weighted by atomic mass is 16.4. The molecule has 1 aliphatic carbocycles. The number of amides is 1. The summed E-state index contributed by atoms with van der Waals surface area (Å²) in [6.07, 6.45) is 4.00. The number of hydrogen-bond donors (Lipinski definition) is 2. The number of carbonyl (C=O) groups excluding carboxylic acids is 1.